The second-order valence-electron chi connectivity index (χ2n) is 2.43. The van der Waals surface area contributed by atoms with E-state index in [1.54, 1.807) is 0 Å². The Hall–Kier alpha value is -2.45. The normalized spacial score (nSPS) is 8.62. The van der Waals surface area contributed by atoms with Crippen molar-refractivity contribution in [2.45, 2.75) is 0 Å². The molecule has 1 rings (SSSR count). The van der Waals surface area contributed by atoms with Crippen LogP contribution >= 0.6 is 0 Å². The minimum absolute atomic E-state index is 0.0685. The fourth-order valence-corrected chi connectivity index (χ4v) is 0.741. The lowest BCUT2D eigenvalue weighted by molar-refractivity contribution is -0.402. The topological polar surface area (TPSA) is 132 Å². The molecule has 0 aromatic heterocycles. The summed E-state index contributed by atoms with van der Waals surface area (Å²) >= 11 is 0. The third-order valence-corrected chi connectivity index (χ3v) is 1.21. The lowest BCUT2D eigenvalue weighted by atomic mass is 10.3. The average Bonchev–Trinajstić information content (AvgIpc) is 2.09. The van der Waals surface area contributed by atoms with Crippen molar-refractivity contribution < 1.29 is 18.9 Å². The van der Waals surface area contributed by atoms with E-state index in [0.29, 0.717) is 5.69 Å². The Balaban J connectivity index is 0.000000487. The van der Waals surface area contributed by atoms with Crippen LogP contribution in [0.2, 0.25) is 0 Å². The summed E-state index contributed by atoms with van der Waals surface area (Å²) in [6.45, 7) is 0. The highest BCUT2D eigenvalue weighted by atomic mass is 19.2. The highest BCUT2D eigenvalue weighted by molar-refractivity contribution is 5.70. The zero-order valence-electron chi connectivity index (χ0n) is 7.81. The zero-order chi connectivity index (χ0) is 12.7. The van der Waals surface area contributed by atoms with E-state index in [-0.39, 0.29) is 5.96 Å². The van der Waals surface area contributed by atoms with Crippen LogP contribution in [-0.2, 0) is 0 Å². The van der Waals surface area contributed by atoms with Crippen LogP contribution in [0.4, 0.5) is 14.5 Å². The first-order valence-corrected chi connectivity index (χ1v) is 3.74. The standard InChI is InChI=1S/C7H7F2N3.NO3/c8-5-2-1-4(3-6(5)9)12-7(10)11;2-1(3)4/h1-3H,(H4,10,11,12);/q;-1/p+1. The molecule has 9 heteroatoms. The molecule has 88 valence electrons. The Morgan fingerprint density at radius 3 is 2.12 bits per heavy atom. The molecular formula is C7H8F2N4O3. The molecule has 1 aromatic carbocycles. The maximum atomic E-state index is 12.5. The van der Waals surface area contributed by atoms with Crippen LogP contribution in [0, 0.1) is 27.0 Å². The van der Waals surface area contributed by atoms with Crippen molar-refractivity contribution in [3.63, 3.8) is 0 Å². The lowest BCUT2D eigenvalue weighted by Gasteiger charge is -1.93. The minimum Gasteiger partial charge on any atom is -0.356 e. The van der Waals surface area contributed by atoms with Crippen molar-refractivity contribution in [2.24, 2.45) is 11.5 Å². The van der Waals surface area contributed by atoms with Gasteiger partial charge in [-0.05, 0) is 12.1 Å². The van der Waals surface area contributed by atoms with Gasteiger partial charge in [-0.1, -0.05) is 0 Å². The van der Waals surface area contributed by atoms with E-state index in [4.69, 9.17) is 26.8 Å². The summed E-state index contributed by atoms with van der Waals surface area (Å²) in [4.78, 5) is 10.7. The van der Waals surface area contributed by atoms with Crippen molar-refractivity contribution in [1.82, 2.24) is 0 Å². The molecule has 0 amide bonds. The number of benzene rings is 1. The summed E-state index contributed by atoms with van der Waals surface area (Å²) in [5.41, 5.74) is 10.5. The van der Waals surface area contributed by atoms with E-state index < -0.39 is 16.7 Å². The second kappa shape index (κ2) is 6.11. The van der Waals surface area contributed by atoms with Crippen molar-refractivity contribution in [3.8, 4) is 0 Å². The molecule has 0 spiro atoms. The number of nitrogens with two attached hydrogens (primary N) is 2. The zero-order valence-corrected chi connectivity index (χ0v) is 7.81. The van der Waals surface area contributed by atoms with Gasteiger partial charge in [0.15, 0.2) is 11.6 Å². The Labute approximate surface area is 88.1 Å². The molecule has 0 fully saturated rings. The fraction of sp³-hybridized carbons (Fsp3) is 0. The first-order valence-electron chi connectivity index (χ1n) is 3.74. The van der Waals surface area contributed by atoms with Crippen LogP contribution < -0.4 is 16.5 Å². The number of nitrogens with zero attached hydrogens (tertiary/aromatic N) is 1. The van der Waals surface area contributed by atoms with Gasteiger partial charge in [-0.15, -0.1) is 0 Å². The largest absolute Gasteiger partial charge is 0.356 e. The third kappa shape index (κ3) is 6.07. The molecule has 0 radical (unpaired) electrons. The molecule has 5 N–H and O–H groups in total. The number of rotatable bonds is 1. The molecule has 0 atom stereocenters. The first-order chi connectivity index (χ1) is 7.32. The van der Waals surface area contributed by atoms with E-state index >= 15 is 0 Å². The molecule has 1 aromatic rings. The van der Waals surface area contributed by atoms with Gasteiger partial charge in [-0.2, -0.15) is 0 Å². The van der Waals surface area contributed by atoms with E-state index in [0.717, 1.165) is 12.1 Å². The van der Waals surface area contributed by atoms with Crippen molar-refractivity contribution >= 4 is 11.6 Å². The first kappa shape index (κ1) is 13.6. The maximum absolute atomic E-state index is 12.5. The third-order valence-electron chi connectivity index (χ3n) is 1.21. The molecule has 0 aliphatic rings. The van der Waals surface area contributed by atoms with Crippen LogP contribution in [-0.4, -0.2) is 11.0 Å². The van der Waals surface area contributed by atoms with Crippen molar-refractivity contribution in [3.05, 3.63) is 45.2 Å². The highest BCUT2D eigenvalue weighted by Gasteiger charge is 2.02. The summed E-state index contributed by atoms with van der Waals surface area (Å²) < 4.78 is 24.9. The number of halogens is 2. The summed E-state index contributed by atoms with van der Waals surface area (Å²) in [6.07, 6.45) is 0. The lowest BCUT2D eigenvalue weighted by Crippen LogP contribution is -2.72. The summed E-state index contributed by atoms with van der Waals surface area (Å²) in [5, 5.41) is 14.8. The van der Waals surface area contributed by atoms with Gasteiger partial charge in [0.1, 0.15) is 5.69 Å². The maximum Gasteiger partial charge on any atom is 0.343 e. The van der Waals surface area contributed by atoms with Crippen molar-refractivity contribution in [1.29, 1.82) is 0 Å². The Morgan fingerprint density at radius 1 is 1.25 bits per heavy atom. The van der Waals surface area contributed by atoms with E-state index in [1.807, 2.05) is 0 Å². The molecule has 0 unspecified atom stereocenters. The van der Waals surface area contributed by atoms with Gasteiger partial charge in [0.05, 0.1) is 5.09 Å². The smallest absolute Gasteiger partial charge is 0.343 e. The number of guanidine groups is 1. The predicted molar refractivity (Wildman–Crippen MR) is 50.7 cm³/mol. The Bertz CT molecular complexity index is 403. The highest BCUT2D eigenvalue weighted by Crippen LogP contribution is 2.07. The van der Waals surface area contributed by atoms with Crippen LogP contribution in [0.25, 0.3) is 0 Å². The van der Waals surface area contributed by atoms with Gasteiger partial charge >= 0.3 is 5.96 Å². The molecule has 16 heavy (non-hydrogen) atoms. The van der Waals surface area contributed by atoms with Crippen LogP contribution in [0.15, 0.2) is 18.2 Å². The second-order valence-corrected chi connectivity index (χ2v) is 2.43. The Kier molecular flexibility index (Phi) is 5.18. The van der Waals surface area contributed by atoms with Crippen LogP contribution in [0.3, 0.4) is 0 Å². The fourth-order valence-electron chi connectivity index (χ4n) is 0.741. The van der Waals surface area contributed by atoms with Crippen LogP contribution in [0.1, 0.15) is 0 Å². The number of hydrogen-bond acceptors (Lipinski definition) is 3. The van der Waals surface area contributed by atoms with Crippen molar-refractivity contribution in [2.75, 3.05) is 0 Å². The van der Waals surface area contributed by atoms with E-state index in [1.165, 1.54) is 6.07 Å². The summed E-state index contributed by atoms with van der Waals surface area (Å²) in [7, 11) is 0. The van der Waals surface area contributed by atoms with Gasteiger partial charge in [0.2, 0.25) is 0 Å². The summed E-state index contributed by atoms with van der Waals surface area (Å²) in [6, 6.07) is 3.29. The molecular weight excluding hydrogens is 226 g/mol. The molecule has 0 aliphatic heterocycles. The number of hydrogen-bond donors (Lipinski definition) is 3. The SMILES string of the molecule is NC(N)=[NH+]c1ccc(F)c(F)c1.O=[N+]([O-])[O-]. The van der Waals surface area contributed by atoms with E-state index in [2.05, 4.69) is 4.99 Å². The van der Waals surface area contributed by atoms with Gasteiger partial charge in [0.25, 0.3) is 0 Å². The molecule has 0 saturated heterocycles. The van der Waals surface area contributed by atoms with Gasteiger partial charge in [0, 0.05) is 6.07 Å². The molecule has 0 bridgehead atoms. The summed E-state index contributed by atoms with van der Waals surface area (Å²) in [5.74, 6) is -1.92. The van der Waals surface area contributed by atoms with Crippen LogP contribution in [0.5, 0.6) is 0 Å². The van der Waals surface area contributed by atoms with Gasteiger partial charge in [-0.3, -0.25) is 11.5 Å². The van der Waals surface area contributed by atoms with E-state index in [9.17, 15) is 8.78 Å². The number of nitrogens with one attached hydrogen (secondary N) is 1. The molecule has 0 saturated carbocycles. The Morgan fingerprint density at radius 2 is 1.75 bits per heavy atom. The molecule has 0 aliphatic carbocycles. The molecule has 7 nitrogen and oxygen atoms in total. The molecule has 0 heterocycles. The monoisotopic (exact) mass is 234 g/mol. The predicted octanol–water partition coefficient (Wildman–Crippen LogP) is -1.29. The quantitative estimate of drug-likeness (QED) is 0.241. The minimum atomic E-state index is -1.75. The van der Waals surface area contributed by atoms with Gasteiger partial charge in [-0.25, -0.2) is 13.8 Å². The van der Waals surface area contributed by atoms with Gasteiger partial charge < -0.3 is 15.3 Å². The average molecular weight is 234 g/mol.